The number of carbonyl (C=O) groups excluding carboxylic acids is 5. The van der Waals surface area contributed by atoms with Gasteiger partial charge in [0.15, 0.2) is 5.69 Å². The molecule has 0 bridgehead atoms. The van der Waals surface area contributed by atoms with Crippen molar-refractivity contribution in [2.24, 2.45) is 7.05 Å². The molecule has 4 fully saturated rings. The van der Waals surface area contributed by atoms with E-state index in [1.165, 1.54) is 11.0 Å². The van der Waals surface area contributed by atoms with E-state index in [0.717, 1.165) is 48.0 Å². The van der Waals surface area contributed by atoms with Gasteiger partial charge in [0.25, 0.3) is 5.91 Å². The Kier molecular flexibility index (Phi) is 13.0. The summed E-state index contributed by atoms with van der Waals surface area (Å²) in [7, 11) is 1.77. The lowest BCUT2D eigenvalue weighted by Gasteiger charge is -2.44. The minimum absolute atomic E-state index is 0.00631. The standard InChI is InChI=1S/C42H51F3N10O6S/c1-24-21-52(22-25(2)53(24)23-35(57)48-32-9-6-8-29-36(50-51(5)37(29)32)30-14-15-34(56)49-38(30)58)16-7-17-61-27-12-10-26(11-13-27)54-40(60)55(39(59)41(54,3)4)62-28-18-31(42(43,44)45)33(19-46)47-20-28/h6,8-9,18,20,24-27,30H,7,10-17,21-23H2,1-5H3,(H,48,57)(H,49,56,58)/t24-,25+,26?,27?,30?. The fourth-order valence-electron chi connectivity index (χ4n) is 9.38. The number of nitrogens with one attached hydrogen (secondary N) is 2. The Hall–Kier alpha value is -5.10. The number of nitrogens with zero attached hydrogens (tertiary/aromatic N) is 8. The molecule has 0 radical (unpaired) electrons. The molecule has 6 amide bonds. The number of piperidine rings is 1. The first-order valence-electron chi connectivity index (χ1n) is 20.9. The van der Waals surface area contributed by atoms with Crippen LogP contribution in [0.3, 0.4) is 0 Å². The first-order chi connectivity index (χ1) is 29.4. The van der Waals surface area contributed by atoms with Crippen LogP contribution in [0.5, 0.6) is 0 Å². The molecule has 62 heavy (non-hydrogen) atoms. The molecule has 16 nitrogen and oxygen atoms in total. The van der Waals surface area contributed by atoms with Gasteiger partial charge in [-0.05, 0) is 78.4 Å². The summed E-state index contributed by atoms with van der Waals surface area (Å²) >= 11 is 0.573. The third kappa shape index (κ3) is 9.17. The normalized spacial score (nSPS) is 25.0. The van der Waals surface area contributed by atoms with Crippen molar-refractivity contribution in [2.45, 2.75) is 119 Å². The van der Waals surface area contributed by atoms with Crippen LogP contribution in [0.15, 0.2) is 35.4 Å². The molecule has 332 valence electrons. The lowest BCUT2D eigenvalue weighted by Crippen LogP contribution is -2.58. The van der Waals surface area contributed by atoms with Crippen molar-refractivity contribution in [3.8, 4) is 6.07 Å². The molecule has 4 aliphatic rings. The number of halogens is 3. The predicted octanol–water partition coefficient (Wildman–Crippen LogP) is 5.18. The molecule has 1 saturated carbocycles. The second-order valence-corrected chi connectivity index (χ2v) is 18.1. The number of aromatic nitrogens is 3. The highest BCUT2D eigenvalue weighted by atomic mass is 32.2. The third-order valence-corrected chi connectivity index (χ3v) is 13.3. The molecule has 7 rings (SSSR count). The summed E-state index contributed by atoms with van der Waals surface area (Å²) in [6.45, 7) is 10.7. The molecule has 3 aliphatic heterocycles. The molecular weight excluding hydrogens is 830 g/mol. The number of nitriles is 1. The van der Waals surface area contributed by atoms with Crippen LogP contribution in [0, 0.1) is 11.3 Å². The van der Waals surface area contributed by atoms with Crippen LogP contribution < -0.4 is 10.6 Å². The lowest BCUT2D eigenvalue weighted by atomic mass is 9.89. The molecule has 1 aromatic carbocycles. The van der Waals surface area contributed by atoms with Crippen molar-refractivity contribution in [3.05, 3.63) is 47.4 Å². The number of benzene rings is 1. The number of para-hydroxylation sites is 1. The lowest BCUT2D eigenvalue weighted by molar-refractivity contribution is -0.138. The summed E-state index contributed by atoms with van der Waals surface area (Å²) in [4.78, 5) is 74.5. The Labute approximate surface area is 361 Å². The van der Waals surface area contributed by atoms with Crippen LogP contribution in [0.25, 0.3) is 10.9 Å². The van der Waals surface area contributed by atoms with E-state index >= 15 is 0 Å². The smallest absolute Gasteiger partial charge is 0.378 e. The van der Waals surface area contributed by atoms with Crippen LogP contribution in [0.2, 0.25) is 0 Å². The first-order valence-corrected chi connectivity index (χ1v) is 21.7. The number of rotatable bonds is 12. The zero-order valence-corrected chi connectivity index (χ0v) is 36.1. The predicted molar refractivity (Wildman–Crippen MR) is 221 cm³/mol. The van der Waals surface area contributed by atoms with E-state index in [9.17, 15) is 37.1 Å². The van der Waals surface area contributed by atoms with E-state index in [-0.39, 0.29) is 59.8 Å². The van der Waals surface area contributed by atoms with Crippen LogP contribution in [-0.2, 0) is 37.1 Å². The quantitative estimate of drug-likeness (QED) is 0.105. The van der Waals surface area contributed by atoms with Gasteiger partial charge in [0.1, 0.15) is 11.6 Å². The Morgan fingerprint density at radius 2 is 1.79 bits per heavy atom. The second-order valence-electron chi connectivity index (χ2n) is 17.1. The van der Waals surface area contributed by atoms with Crippen molar-refractivity contribution in [1.82, 2.24) is 39.1 Å². The monoisotopic (exact) mass is 880 g/mol. The number of anilines is 1. The van der Waals surface area contributed by atoms with Gasteiger partial charge in [-0.3, -0.25) is 34.1 Å². The van der Waals surface area contributed by atoms with Gasteiger partial charge < -0.3 is 19.9 Å². The van der Waals surface area contributed by atoms with Gasteiger partial charge in [-0.25, -0.2) is 9.78 Å². The number of urea groups is 1. The fourth-order valence-corrected chi connectivity index (χ4v) is 10.3. The number of carbonyl (C=O) groups is 5. The first kappa shape index (κ1) is 44.9. The summed E-state index contributed by atoms with van der Waals surface area (Å²) in [5.74, 6) is -1.89. The minimum Gasteiger partial charge on any atom is -0.378 e. The number of piperazine rings is 1. The maximum Gasteiger partial charge on any atom is 0.419 e. The van der Waals surface area contributed by atoms with Crippen molar-refractivity contribution in [2.75, 3.05) is 38.1 Å². The maximum atomic E-state index is 13.6. The molecule has 1 aliphatic carbocycles. The molecule has 5 heterocycles. The van der Waals surface area contributed by atoms with Crippen molar-refractivity contribution < 1.29 is 41.9 Å². The molecule has 1 unspecified atom stereocenters. The SMILES string of the molecule is C[C@@H]1CN(CCCOC2CCC(N3C(=O)N(Sc4cnc(C#N)c(C(F)(F)F)c4)C(=O)C3(C)C)CC2)C[C@H](C)N1CC(=O)Nc1cccc2c(C3CCC(=O)NC3=O)nn(C)c12. The van der Waals surface area contributed by atoms with Gasteiger partial charge in [0.2, 0.25) is 17.7 Å². The minimum atomic E-state index is -4.83. The van der Waals surface area contributed by atoms with E-state index in [1.807, 2.05) is 18.2 Å². The number of hydrogen-bond acceptors (Lipinski definition) is 12. The summed E-state index contributed by atoms with van der Waals surface area (Å²) in [6, 6.07) is 7.07. The van der Waals surface area contributed by atoms with Crippen LogP contribution in [0.1, 0.15) is 95.5 Å². The third-order valence-electron chi connectivity index (χ3n) is 12.4. The van der Waals surface area contributed by atoms with Crippen molar-refractivity contribution in [1.29, 1.82) is 5.26 Å². The molecule has 0 spiro atoms. The zero-order valence-electron chi connectivity index (χ0n) is 35.3. The summed E-state index contributed by atoms with van der Waals surface area (Å²) < 4.78 is 49.5. The van der Waals surface area contributed by atoms with E-state index in [4.69, 9.17) is 10.00 Å². The number of imide groups is 2. The number of ether oxygens (including phenoxy) is 1. The highest BCUT2D eigenvalue weighted by molar-refractivity contribution is 7.98. The number of pyridine rings is 1. The molecule has 3 saturated heterocycles. The van der Waals surface area contributed by atoms with E-state index < -0.39 is 40.8 Å². The van der Waals surface area contributed by atoms with Crippen LogP contribution in [-0.4, -0.2) is 126 Å². The molecule has 3 atom stereocenters. The van der Waals surface area contributed by atoms with Crippen LogP contribution >= 0.6 is 11.9 Å². The summed E-state index contributed by atoms with van der Waals surface area (Å²) in [6.07, 6.45) is 0.236. The number of alkyl halides is 3. The van der Waals surface area contributed by atoms with Gasteiger partial charge >= 0.3 is 12.2 Å². The molecule has 3 aromatic rings. The summed E-state index contributed by atoms with van der Waals surface area (Å²) in [5.41, 5.74) is -1.33. The molecule has 20 heteroatoms. The number of aryl methyl sites for hydroxylation is 1. The van der Waals surface area contributed by atoms with Gasteiger partial charge in [-0.15, -0.1) is 0 Å². The zero-order chi connectivity index (χ0) is 44.7. The molecule has 2 aromatic heterocycles. The topological polar surface area (TPSA) is 186 Å². The fraction of sp³-hybridized carbons (Fsp3) is 0.571. The number of amides is 6. The molecular formula is C42H51F3N10O6S. The highest BCUT2D eigenvalue weighted by Crippen LogP contribution is 2.42. The Bertz CT molecular complexity index is 2280. The number of hydrogen-bond donors (Lipinski definition) is 2. The van der Waals surface area contributed by atoms with E-state index in [0.29, 0.717) is 67.6 Å². The van der Waals surface area contributed by atoms with Crippen molar-refractivity contribution in [3.63, 3.8) is 0 Å². The Morgan fingerprint density at radius 1 is 1.08 bits per heavy atom. The summed E-state index contributed by atoms with van der Waals surface area (Å²) in [5, 5.41) is 19.9. The van der Waals surface area contributed by atoms with Gasteiger partial charge in [-0.1, -0.05) is 12.1 Å². The molecule has 2 N–H and O–H groups in total. The number of fused-ring (bicyclic) bond motifs is 1. The van der Waals surface area contributed by atoms with E-state index in [2.05, 4.69) is 44.4 Å². The average Bonchev–Trinajstić information content (AvgIpc) is 3.63. The van der Waals surface area contributed by atoms with Gasteiger partial charge in [0, 0.05) is 86.3 Å². The average molecular weight is 881 g/mol. The Morgan fingerprint density at radius 3 is 2.45 bits per heavy atom. The Balaban J connectivity index is 0.849. The largest absolute Gasteiger partial charge is 0.419 e. The van der Waals surface area contributed by atoms with Crippen molar-refractivity contribution >= 4 is 58.2 Å². The highest BCUT2D eigenvalue weighted by Gasteiger charge is 2.55. The van der Waals surface area contributed by atoms with Gasteiger partial charge in [0.05, 0.1) is 41.0 Å². The second kappa shape index (κ2) is 17.9. The van der Waals surface area contributed by atoms with E-state index in [1.54, 1.807) is 25.6 Å². The van der Waals surface area contributed by atoms with Gasteiger partial charge in [-0.2, -0.15) is 27.8 Å². The maximum absolute atomic E-state index is 13.6. The van der Waals surface area contributed by atoms with Crippen LogP contribution in [0.4, 0.5) is 23.7 Å².